The summed E-state index contributed by atoms with van der Waals surface area (Å²) in [6.45, 7) is 0. The summed E-state index contributed by atoms with van der Waals surface area (Å²) in [6.07, 6.45) is 11.2. The van der Waals surface area contributed by atoms with Crippen molar-refractivity contribution >= 4 is 33.3 Å². The van der Waals surface area contributed by atoms with Crippen molar-refractivity contribution in [2.75, 3.05) is 5.33 Å². The van der Waals surface area contributed by atoms with Gasteiger partial charge in [-0.05, 0) is 24.8 Å². The molecule has 0 spiro atoms. The fourth-order valence-electron chi connectivity index (χ4n) is 2.22. The van der Waals surface area contributed by atoms with Crippen LogP contribution in [0.5, 0.6) is 0 Å². The van der Waals surface area contributed by atoms with Crippen molar-refractivity contribution in [2.24, 2.45) is 5.92 Å². The maximum Gasteiger partial charge on any atom is 0.0797 e. The Labute approximate surface area is 104 Å². The van der Waals surface area contributed by atoms with Gasteiger partial charge in [-0.2, -0.15) is 0 Å². The monoisotopic (exact) mass is 285 g/mol. The van der Waals surface area contributed by atoms with Crippen LogP contribution in [0.2, 0.25) is 0 Å². The fraction of sp³-hybridized carbons (Fsp3) is 0.583. The van der Waals surface area contributed by atoms with E-state index in [1.54, 1.807) is 16.9 Å². The van der Waals surface area contributed by atoms with Gasteiger partial charge in [-0.25, -0.2) is 0 Å². The first-order valence-electron chi connectivity index (χ1n) is 5.55. The first-order valence-corrected chi connectivity index (χ1v) is 7.55. The molecule has 1 heterocycles. The van der Waals surface area contributed by atoms with E-state index >= 15 is 0 Å². The van der Waals surface area contributed by atoms with Gasteiger partial charge in [0, 0.05) is 16.4 Å². The van der Waals surface area contributed by atoms with Crippen LogP contribution in [0.25, 0.3) is 6.08 Å². The normalized spacial score (nSPS) is 19.4. The predicted molar refractivity (Wildman–Crippen MR) is 70.5 cm³/mol. The van der Waals surface area contributed by atoms with Gasteiger partial charge in [0.05, 0.1) is 5.51 Å². The number of hydrogen-bond acceptors (Lipinski definition) is 2. The Hall–Kier alpha value is -0.150. The zero-order valence-electron chi connectivity index (χ0n) is 8.79. The van der Waals surface area contributed by atoms with Gasteiger partial charge in [0.25, 0.3) is 0 Å². The molecule has 2 rings (SSSR count). The van der Waals surface area contributed by atoms with Crippen LogP contribution >= 0.6 is 27.3 Å². The lowest BCUT2D eigenvalue weighted by Gasteiger charge is -2.23. The summed E-state index contributed by atoms with van der Waals surface area (Å²) in [5.41, 5.74) is 3.46. The average Bonchev–Trinajstić information content (AvgIpc) is 2.80. The molecule has 3 heteroatoms. The SMILES string of the molecule is BrCC(=Cc1cncs1)C1CCCCC1. The number of nitrogens with zero attached hydrogens (tertiary/aromatic N) is 1. The van der Waals surface area contributed by atoms with E-state index in [-0.39, 0.29) is 0 Å². The fourth-order valence-corrected chi connectivity index (χ4v) is 3.42. The van der Waals surface area contributed by atoms with Gasteiger partial charge in [-0.1, -0.05) is 40.8 Å². The van der Waals surface area contributed by atoms with Crippen LogP contribution in [-0.2, 0) is 0 Å². The van der Waals surface area contributed by atoms with Crippen molar-refractivity contribution in [3.8, 4) is 0 Å². The Morgan fingerprint density at radius 2 is 2.27 bits per heavy atom. The summed E-state index contributed by atoms with van der Waals surface area (Å²) in [5, 5.41) is 1.01. The lowest BCUT2D eigenvalue weighted by molar-refractivity contribution is 0.406. The third-order valence-electron chi connectivity index (χ3n) is 3.06. The van der Waals surface area contributed by atoms with Crippen molar-refractivity contribution in [3.05, 3.63) is 22.2 Å². The highest BCUT2D eigenvalue weighted by atomic mass is 79.9. The molecule has 0 N–H and O–H groups in total. The van der Waals surface area contributed by atoms with Gasteiger partial charge < -0.3 is 0 Å². The molecule has 1 aliphatic carbocycles. The maximum atomic E-state index is 4.11. The highest BCUT2D eigenvalue weighted by Gasteiger charge is 2.16. The van der Waals surface area contributed by atoms with Crippen molar-refractivity contribution in [3.63, 3.8) is 0 Å². The number of thiazole rings is 1. The second-order valence-electron chi connectivity index (χ2n) is 4.09. The van der Waals surface area contributed by atoms with E-state index in [0.717, 1.165) is 11.2 Å². The van der Waals surface area contributed by atoms with E-state index in [4.69, 9.17) is 0 Å². The molecule has 1 aromatic heterocycles. The van der Waals surface area contributed by atoms with Crippen LogP contribution in [0.1, 0.15) is 37.0 Å². The Balaban J connectivity index is 2.08. The Bertz CT molecular complexity index is 312. The van der Waals surface area contributed by atoms with Gasteiger partial charge in [0.2, 0.25) is 0 Å². The molecular weight excluding hydrogens is 270 g/mol. The van der Waals surface area contributed by atoms with Crippen LogP contribution in [0.3, 0.4) is 0 Å². The third-order valence-corrected chi connectivity index (χ3v) is 4.43. The van der Waals surface area contributed by atoms with Crippen molar-refractivity contribution in [2.45, 2.75) is 32.1 Å². The molecule has 1 aromatic rings. The zero-order chi connectivity index (χ0) is 10.5. The van der Waals surface area contributed by atoms with E-state index < -0.39 is 0 Å². The molecule has 82 valence electrons. The largest absolute Gasteiger partial charge is 0.253 e. The minimum absolute atomic E-state index is 0.806. The molecule has 1 fully saturated rings. The lowest BCUT2D eigenvalue weighted by Crippen LogP contribution is -2.09. The molecule has 0 atom stereocenters. The first-order chi connectivity index (χ1) is 7.40. The minimum atomic E-state index is 0.806. The van der Waals surface area contributed by atoms with E-state index in [1.165, 1.54) is 37.0 Å². The number of aromatic nitrogens is 1. The molecule has 0 radical (unpaired) electrons. The van der Waals surface area contributed by atoms with E-state index in [9.17, 15) is 0 Å². The molecule has 0 bridgehead atoms. The molecule has 0 aliphatic heterocycles. The molecule has 1 nitrogen and oxygen atoms in total. The molecule has 1 aliphatic rings. The number of allylic oxidation sites excluding steroid dienone is 1. The highest BCUT2D eigenvalue weighted by molar-refractivity contribution is 9.09. The number of hydrogen-bond donors (Lipinski definition) is 0. The smallest absolute Gasteiger partial charge is 0.0797 e. The van der Waals surface area contributed by atoms with Crippen LogP contribution in [0.15, 0.2) is 17.3 Å². The zero-order valence-corrected chi connectivity index (χ0v) is 11.2. The van der Waals surface area contributed by atoms with Crippen LogP contribution < -0.4 is 0 Å². The van der Waals surface area contributed by atoms with Gasteiger partial charge >= 0.3 is 0 Å². The summed E-state index contributed by atoms with van der Waals surface area (Å²) >= 11 is 5.34. The van der Waals surface area contributed by atoms with Crippen LogP contribution in [0.4, 0.5) is 0 Å². The number of halogens is 1. The summed E-state index contributed by atoms with van der Waals surface area (Å²) in [5.74, 6) is 0.806. The average molecular weight is 286 g/mol. The minimum Gasteiger partial charge on any atom is -0.253 e. The second-order valence-corrected chi connectivity index (χ2v) is 5.57. The lowest BCUT2D eigenvalue weighted by atomic mass is 9.84. The Morgan fingerprint density at radius 3 is 2.87 bits per heavy atom. The van der Waals surface area contributed by atoms with Crippen molar-refractivity contribution < 1.29 is 0 Å². The topological polar surface area (TPSA) is 12.9 Å². The molecule has 1 saturated carbocycles. The van der Waals surface area contributed by atoms with Crippen LogP contribution in [-0.4, -0.2) is 10.3 Å². The first kappa shape index (κ1) is 11.3. The molecule has 15 heavy (non-hydrogen) atoms. The van der Waals surface area contributed by atoms with Gasteiger partial charge in [-0.3, -0.25) is 4.98 Å². The summed E-state index contributed by atoms with van der Waals surface area (Å²) in [7, 11) is 0. The summed E-state index contributed by atoms with van der Waals surface area (Å²) < 4.78 is 0. The molecule has 0 aromatic carbocycles. The predicted octanol–water partition coefficient (Wildman–Crippen LogP) is 4.50. The molecular formula is C12H16BrNS. The maximum absolute atomic E-state index is 4.11. The highest BCUT2D eigenvalue weighted by Crippen LogP contribution is 2.32. The van der Waals surface area contributed by atoms with Gasteiger partial charge in [0.1, 0.15) is 0 Å². The second kappa shape index (κ2) is 5.80. The summed E-state index contributed by atoms with van der Waals surface area (Å²) in [6, 6.07) is 0. The molecule has 0 amide bonds. The summed E-state index contributed by atoms with van der Waals surface area (Å²) in [4.78, 5) is 5.40. The quantitative estimate of drug-likeness (QED) is 0.745. The van der Waals surface area contributed by atoms with E-state index in [1.807, 2.05) is 11.7 Å². The number of rotatable bonds is 3. The van der Waals surface area contributed by atoms with E-state index in [0.29, 0.717) is 0 Å². The van der Waals surface area contributed by atoms with Gasteiger partial charge in [-0.15, -0.1) is 11.3 Å². The Morgan fingerprint density at radius 1 is 1.47 bits per heavy atom. The number of alkyl halides is 1. The van der Waals surface area contributed by atoms with Crippen molar-refractivity contribution in [1.82, 2.24) is 4.98 Å². The van der Waals surface area contributed by atoms with Crippen molar-refractivity contribution in [1.29, 1.82) is 0 Å². The van der Waals surface area contributed by atoms with Crippen LogP contribution in [0, 0.1) is 5.92 Å². The molecule has 0 unspecified atom stereocenters. The molecule has 0 saturated heterocycles. The van der Waals surface area contributed by atoms with E-state index in [2.05, 4.69) is 27.0 Å². The third kappa shape index (κ3) is 3.15. The standard InChI is InChI=1S/C12H16BrNS/c13-7-11(6-12-8-14-9-15-12)10-4-2-1-3-5-10/h6,8-10H,1-5,7H2. The van der Waals surface area contributed by atoms with Gasteiger partial charge in [0.15, 0.2) is 0 Å². The Kier molecular flexibility index (Phi) is 4.39.